The van der Waals surface area contributed by atoms with Crippen molar-refractivity contribution >= 4 is 16.9 Å². The number of esters is 1. The first-order chi connectivity index (χ1) is 13.1. The first-order valence-corrected chi connectivity index (χ1v) is 8.47. The minimum atomic E-state index is -0.900. The number of benzene rings is 2. The fraction of sp³-hybridized carbons (Fsp3) is 0.143. The van der Waals surface area contributed by atoms with Crippen LogP contribution < -0.4 is 10.4 Å². The number of carbonyl (C=O) groups excluding carboxylic acids is 1. The smallest absolute Gasteiger partial charge is 0.347 e. The lowest BCUT2D eigenvalue weighted by Gasteiger charge is -2.15. The number of pyridine rings is 1. The van der Waals surface area contributed by atoms with Crippen molar-refractivity contribution in [2.24, 2.45) is 0 Å². The molecule has 0 spiro atoms. The monoisotopic (exact) mass is 365 g/mol. The minimum Gasteiger partial charge on any atom is -0.506 e. The van der Waals surface area contributed by atoms with Crippen LogP contribution in [0.15, 0.2) is 66.0 Å². The molecule has 1 heterocycles. The van der Waals surface area contributed by atoms with Crippen molar-refractivity contribution in [3.8, 4) is 16.9 Å². The lowest BCUT2D eigenvalue weighted by molar-refractivity contribution is 0.0513. The van der Waals surface area contributed by atoms with E-state index in [4.69, 9.17) is 9.57 Å². The van der Waals surface area contributed by atoms with E-state index in [0.29, 0.717) is 10.9 Å². The van der Waals surface area contributed by atoms with Gasteiger partial charge in [-0.3, -0.25) is 4.79 Å². The van der Waals surface area contributed by atoms with Crippen molar-refractivity contribution in [1.82, 2.24) is 4.73 Å². The lowest BCUT2D eigenvalue weighted by atomic mass is 10.0. The Morgan fingerprint density at radius 1 is 1.19 bits per heavy atom. The molecule has 1 aromatic heterocycles. The predicted octanol–water partition coefficient (Wildman–Crippen LogP) is 3.17. The van der Waals surface area contributed by atoms with Gasteiger partial charge in [-0.2, -0.15) is 0 Å². The molecule has 2 aromatic carbocycles. The molecule has 0 atom stereocenters. The number of nitrogens with zero attached hydrogens (tertiary/aromatic N) is 1. The van der Waals surface area contributed by atoms with Gasteiger partial charge >= 0.3 is 11.5 Å². The molecule has 0 saturated heterocycles. The Labute approximate surface area is 155 Å². The van der Waals surface area contributed by atoms with Crippen LogP contribution in [0.3, 0.4) is 0 Å². The molecular weight excluding hydrogens is 346 g/mol. The van der Waals surface area contributed by atoms with Crippen molar-refractivity contribution < 1.29 is 19.5 Å². The molecule has 27 heavy (non-hydrogen) atoms. The van der Waals surface area contributed by atoms with Gasteiger partial charge in [0.2, 0.25) is 0 Å². The molecule has 1 N–H and O–H groups in total. The Hall–Kier alpha value is -3.54. The molecule has 0 aliphatic rings. The van der Waals surface area contributed by atoms with Gasteiger partial charge in [0, 0.05) is 5.39 Å². The fourth-order valence-electron chi connectivity index (χ4n) is 2.80. The van der Waals surface area contributed by atoms with Crippen molar-refractivity contribution in [1.29, 1.82) is 0 Å². The maximum Gasteiger partial charge on any atom is 0.347 e. The molecule has 0 unspecified atom stereocenters. The zero-order valence-corrected chi connectivity index (χ0v) is 14.8. The molecule has 138 valence electrons. The summed E-state index contributed by atoms with van der Waals surface area (Å²) in [7, 11) is 0. The second-order valence-corrected chi connectivity index (χ2v) is 5.73. The molecule has 0 bridgehead atoms. The highest BCUT2D eigenvalue weighted by Gasteiger charge is 2.24. The van der Waals surface area contributed by atoms with E-state index in [9.17, 15) is 14.7 Å². The Morgan fingerprint density at radius 2 is 1.93 bits per heavy atom. The van der Waals surface area contributed by atoms with E-state index >= 15 is 0 Å². The highest BCUT2D eigenvalue weighted by atomic mass is 16.7. The second-order valence-electron chi connectivity index (χ2n) is 5.73. The number of fused-ring (bicyclic) bond motifs is 1. The molecule has 0 aliphatic carbocycles. The Morgan fingerprint density at radius 3 is 2.59 bits per heavy atom. The highest BCUT2D eigenvalue weighted by Crippen LogP contribution is 2.31. The van der Waals surface area contributed by atoms with E-state index in [1.54, 1.807) is 19.1 Å². The summed E-state index contributed by atoms with van der Waals surface area (Å²) in [5.74, 6) is -1.33. The molecule has 3 aromatic rings. The number of aromatic hydroxyl groups is 1. The van der Waals surface area contributed by atoms with Gasteiger partial charge in [0.25, 0.3) is 0 Å². The summed E-state index contributed by atoms with van der Waals surface area (Å²) in [6.45, 7) is 5.32. The predicted molar refractivity (Wildman–Crippen MR) is 103 cm³/mol. The molecule has 0 amide bonds. The zero-order chi connectivity index (χ0) is 19.4. The Kier molecular flexibility index (Phi) is 5.26. The van der Waals surface area contributed by atoms with E-state index in [0.717, 1.165) is 15.9 Å². The van der Waals surface area contributed by atoms with E-state index in [1.807, 2.05) is 36.4 Å². The number of aromatic nitrogens is 1. The Bertz CT molecular complexity index is 1050. The molecule has 0 radical (unpaired) electrons. The molecule has 6 heteroatoms. The first-order valence-electron chi connectivity index (χ1n) is 8.47. The third-order valence-corrected chi connectivity index (χ3v) is 4.01. The van der Waals surface area contributed by atoms with Crippen LogP contribution in [0, 0.1) is 0 Å². The van der Waals surface area contributed by atoms with Gasteiger partial charge in [-0.1, -0.05) is 49.1 Å². The second kappa shape index (κ2) is 7.78. The summed E-state index contributed by atoms with van der Waals surface area (Å²) >= 11 is 0. The van der Waals surface area contributed by atoms with Crippen molar-refractivity contribution in [2.45, 2.75) is 6.92 Å². The summed E-state index contributed by atoms with van der Waals surface area (Å²) in [5.41, 5.74) is 0.849. The van der Waals surface area contributed by atoms with Crippen LogP contribution in [0.5, 0.6) is 5.75 Å². The van der Waals surface area contributed by atoms with Gasteiger partial charge in [-0.25, -0.2) is 4.79 Å². The highest BCUT2D eigenvalue weighted by molar-refractivity contribution is 6.00. The topological polar surface area (TPSA) is 77.8 Å². The average Bonchev–Trinajstić information content (AvgIpc) is 2.68. The third kappa shape index (κ3) is 3.42. The van der Waals surface area contributed by atoms with Gasteiger partial charge in [-0.05, 0) is 30.2 Å². The average molecular weight is 365 g/mol. The molecular formula is C21H19NO5. The van der Waals surface area contributed by atoms with Gasteiger partial charge in [0.1, 0.15) is 12.4 Å². The zero-order valence-electron chi connectivity index (χ0n) is 14.8. The van der Waals surface area contributed by atoms with Crippen LogP contribution in [-0.4, -0.2) is 29.0 Å². The number of ether oxygens (including phenoxy) is 1. The lowest BCUT2D eigenvalue weighted by Crippen LogP contribution is -2.32. The molecule has 0 aliphatic heterocycles. The maximum atomic E-state index is 12.7. The first kappa shape index (κ1) is 18.3. The number of hydrogen-bond acceptors (Lipinski definition) is 5. The molecule has 6 nitrogen and oxygen atoms in total. The van der Waals surface area contributed by atoms with Crippen molar-refractivity contribution in [3.63, 3.8) is 0 Å². The summed E-state index contributed by atoms with van der Waals surface area (Å²) in [6, 6.07) is 14.7. The molecule has 3 rings (SSSR count). The third-order valence-electron chi connectivity index (χ3n) is 4.01. The summed E-state index contributed by atoms with van der Waals surface area (Å²) < 4.78 is 5.91. The summed E-state index contributed by atoms with van der Waals surface area (Å²) in [6.07, 6.45) is 1.48. The quantitative estimate of drug-likeness (QED) is 0.536. The van der Waals surface area contributed by atoms with Gasteiger partial charge in [0.05, 0.1) is 12.1 Å². The van der Waals surface area contributed by atoms with E-state index in [2.05, 4.69) is 6.58 Å². The van der Waals surface area contributed by atoms with Gasteiger partial charge in [0.15, 0.2) is 5.56 Å². The van der Waals surface area contributed by atoms with Crippen molar-refractivity contribution in [3.05, 3.63) is 77.1 Å². The summed E-state index contributed by atoms with van der Waals surface area (Å²) in [4.78, 5) is 30.4. The van der Waals surface area contributed by atoms with Crippen LogP contribution >= 0.6 is 0 Å². The van der Waals surface area contributed by atoms with Crippen LogP contribution in [0.25, 0.3) is 22.0 Å². The van der Waals surface area contributed by atoms with Crippen LogP contribution in [0.2, 0.25) is 0 Å². The number of carbonyl (C=O) groups is 1. The number of hydrogen-bond donors (Lipinski definition) is 1. The van der Waals surface area contributed by atoms with Crippen LogP contribution in [-0.2, 0) is 4.74 Å². The molecule has 0 fully saturated rings. The van der Waals surface area contributed by atoms with Crippen LogP contribution in [0.4, 0.5) is 0 Å². The van der Waals surface area contributed by atoms with E-state index < -0.39 is 22.8 Å². The standard InChI is InChI=1S/C21H19NO5/c1-3-12-27-22-17-11-10-15(14-8-6-5-7-9-14)13-16(17)19(23)18(20(22)24)21(25)26-4-2/h3,5-11,13,23H,1,4,12H2,2H3. The Balaban J connectivity index is 2.30. The van der Waals surface area contributed by atoms with Crippen LogP contribution in [0.1, 0.15) is 17.3 Å². The normalized spacial score (nSPS) is 10.6. The molecule has 0 saturated carbocycles. The largest absolute Gasteiger partial charge is 0.506 e. The van der Waals surface area contributed by atoms with Gasteiger partial charge < -0.3 is 14.7 Å². The van der Waals surface area contributed by atoms with E-state index in [-0.39, 0.29) is 13.2 Å². The maximum absolute atomic E-state index is 12.7. The van der Waals surface area contributed by atoms with Gasteiger partial charge in [-0.15, -0.1) is 4.73 Å². The SMILES string of the molecule is C=CCOn1c(=O)c(C(=O)OCC)c(O)c2cc(-c3ccccc3)ccc21. The number of rotatable bonds is 6. The van der Waals surface area contributed by atoms with E-state index in [1.165, 1.54) is 6.08 Å². The minimum absolute atomic E-state index is 0.0580. The summed E-state index contributed by atoms with van der Waals surface area (Å²) in [5, 5.41) is 11.0. The fourth-order valence-corrected chi connectivity index (χ4v) is 2.80. The van der Waals surface area contributed by atoms with Crippen molar-refractivity contribution in [2.75, 3.05) is 13.2 Å².